The number of halogens is 2. The molecule has 1 N–H and O–H groups in total. The van der Waals surface area contributed by atoms with E-state index in [-0.39, 0.29) is 18.0 Å². The molecule has 6 nitrogen and oxygen atoms in total. The molecule has 8 heteroatoms. The van der Waals surface area contributed by atoms with Crippen LogP contribution in [0.15, 0.2) is 30.5 Å². The SMILES string of the molecule is COC(=O)c1nc2ccnn2c(O)c1Cc1ccc(Cl)c(Cl)c1. The van der Waals surface area contributed by atoms with Gasteiger partial charge in [-0.05, 0) is 17.7 Å². The molecule has 3 aromatic rings. The van der Waals surface area contributed by atoms with E-state index in [9.17, 15) is 9.90 Å². The number of rotatable bonds is 3. The van der Waals surface area contributed by atoms with Gasteiger partial charge in [-0.1, -0.05) is 29.3 Å². The maximum absolute atomic E-state index is 12.0. The van der Waals surface area contributed by atoms with Gasteiger partial charge in [-0.2, -0.15) is 9.61 Å². The Morgan fingerprint density at radius 3 is 2.78 bits per heavy atom. The van der Waals surface area contributed by atoms with Crippen LogP contribution in [0, 0.1) is 0 Å². The van der Waals surface area contributed by atoms with Crippen LogP contribution in [0.1, 0.15) is 21.6 Å². The molecule has 0 aliphatic rings. The van der Waals surface area contributed by atoms with Gasteiger partial charge in [0.25, 0.3) is 0 Å². The van der Waals surface area contributed by atoms with Crippen LogP contribution >= 0.6 is 23.2 Å². The summed E-state index contributed by atoms with van der Waals surface area (Å²) < 4.78 is 6.00. The van der Waals surface area contributed by atoms with E-state index in [1.807, 2.05) is 0 Å². The zero-order valence-electron chi connectivity index (χ0n) is 12.0. The third-order valence-corrected chi connectivity index (χ3v) is 4.09. The number of ether oxygens (including phenoxy) is 1. The van der Waals surface area contributed by atoms with Gasteiger partial charge in [-0.3, -0.25) is 0 Å². The van der Waals surface area contributed by atoms with Crippen LogP contribution in [-0.4, -0.2) is 32.8 Å². The van der Waals surface area contributed by atoms with Gasteiger partial charge in [0.05, 0.1) is 28.9 Å². The first-order valence-electron chi connectivity index (χ1n) is 6.59. The van der Waals surface area contributed by atoms with Crippen LogP contribution in [0.3, 0.4) is 0 Å². The molecular formula is C15H11Cl2N3O3. The van der Waals surface area contributed by atoms with Crippen LogP contribution in [0.5, 0.6) is 5.88 Å². The number of carbonyl (C=O) groups excluding carboxylic acids is 1. The smallest absolute Gasteiger partial charge is 0.357 e. The largest absolute Gasteiger partial charge is 0.493 e. The van der Waals surface area contributed by atoms with Crippen molar-refractivity contribution in [2.24, 2.45) is 0 Å². The summed E-state index contributed by atoms with van der Waals surface area (Å²) in [4.78, 5) is 16.2. The summed E-state index contributed by atoms with van der Waals surface area (Å²) in [6, 6.07) is 6.64. The number of carbonyl (C=O) groups is 1. The summed E-state index contributed by atoms with van der Waals surface area (Å²) in [5, 5.41) is 15.2. The standard InChI is InChI=1S/C15H11Cl2N3O3/c1-23-15(22)13-9(6-8-2-3-10(16)11(17)7-8)14(21)20-12(19-13)4-5-18-20/h2-5,7,21H,6H2,1H3. The monoisotopic (exact) mass is 351 g/mol. The molecule has 2 aromatic heterocycles. The molecule has 1 aromatic carbocycles. The van der Waals surface area contributed by atoms with Gasteiger partial charge in [0.2, 0.25) is 5.88 Å². The van der Waals surface area contributed by atoms with Gasteiger partial charge in [-0.25, -0.2) is 9.78 Å². The zero-order valence-corrected chi connectivity index (χ0v) is 13.5. The Morgan fingerprint density at radius 2 is 2.09 bits per heavy atom. The van der Waals surface area contributed by atoms with Crippen molar-refractivity contribution < 1.29 is 14.6 Å². The third kappa shape index (κ3) is 2.83. The molecule has 0 fully saturated rings. The quantitative estimate of drug-likeness (QED) is 0.733. The number of aromatic nitrogens is 3. The Morgan fingerprint density at radius 1 is 1.30 bits per heavy atom. The van der Waals surface area contributed by atoms with Crippen molar-refractivity contribution >= 4 is 34.8 Å². The molecule has 0 radical (unpaired) electrons. The average Bonchev–Trinajstić information content (AvgIpc) is 3.01. The number of hydrogen-bond donors (Lipinski definition) is 1. The van der Waals surface area contributed by atoms with E-state index in [0.29, 0.717) is 21.3 Å². The van der Waals surface area contributed by atoms with Gasteiger partial charge in [0, 0.05) is 12.5 Å². The molecule has 0 saturated carbocycles. The van der Waals surface area contributed by atoms with E-state index >= 15 is 0 Å². The van der Waals surface area contributed by atoms with Crippen molar-refractivity contribution in [3.8, 4) is 5.88 Å². The van der Waals surface area contributed by atoms with Gasteiger partial charge in [0.1, 0.15) is 0 Å². The van der Waals surface area contributed by atoms with Crippen LogP contribution in [0.25, 0.3) is 5.65 Å². The summed E-state index contributed by atoms with van der Waals surface area (Å²) in [5.74, 6) is -0.814. The van der Waals surface area contributed by atoms with Crippen molar-refractivity contribution in [2.75, 3.05) is 7.11 Å². The fourth-order valence-corrected chi connectivity index (χ4v) is 2.56. The molecule has 0 unspecified atom stereocenters. The number of esters is 1. The second kappa shape index (κ2) is 6.06. The number of nitrogens with zero attached hydrogens (tertiary/aromatic N) is 3. The molecule has 0 atom stereocenters. The number of fused-ring (bicyclic) bond motifs is 1. The first-order valence-corrected chi connectivity index (χ1v) is 7.34. The molecule has 0 aliphatic carbocycles. The lowest BCUT2D eigenvalue weighted by molar-refractivity contribution is 0.0592. The van der Waals surface area contributed by atoms with E-state index < -0.39 is 5.97 Å². The third-order valence-electron chi connectivity index (χ3n) is 3.35. The average molecular weight is 352 g/mol. The Balaban J connectivity index is 2.15. The summed E-state index contributed by atoms with van der Waals surface area (Å²) in [6.07, 6.45) is 1.70. The highest BCUT2D eigenvalue weighted by Gasteiger charge is 2.21. The van der Waals surface area contributed by atoms with Crippen LogP contribution in [0.2, 0.25) is 10.0 Å². The maximum atomic E-state index is 12.0. The molecule has 3 rings (SSSR count). The molecule has 0 spiro atoms. The Kier molecular flexibility index (Phi) is 4.11. The van der Waals surface area contributed by atoms with Crippen LogP contribution < -0.4 is 0 Å². The van der Waals surface area contributed by atoms with Crippen LogP contribution in [-0.2, 0) is 11.2 Å². The van der Waals surface area contributed by atoms with E-state index in [0.717, 1.165) is 5.56 Å². The maximum Gasteiger partial charge on any atom is 0.357 e. The molecule has 2 heterocycles. The van der Waals surface area contributed by atoms with Crippen molar-refractivity contribution in [2.45, 2.75) is 6.42 Å². The minimum atomic E-state index is -0.640. The molecule has 0 aliphatic heterocycles. The van der Waals surface area contributed by atoms with Gasteiger partial charge in [-0.15, -0.1) is 0 Å². The Labute approximate surface area is 141 Å². The lowest BCUT2D eigenvalue weighted by Gasteiger charge is -2.11. The second-order valence-electron chi connectivity index (χ2n) is 4.78. The van der Waals surface area contributed by atoms with Gasteiger partial charge >= 0.3 is 5.97 Å². The molecular weight excluding hydrogens is 341 g/mol. The fraction of sp³-hybridized carbons (Fsp3) is 0.133. The number of benzene rings is 1. The summed E-state index contributed by atoms with van der Waals surface area (Å²) in [6.45, 7) is 0. The normalized spacial score (nSPS) is 10.9. The van der Waals surface area contributed by atoms with Crippen molar-refractivity contribution in [1.82, 2.24) is 14.6 Å². The molecule has 118 valence electrons. The van der Waals surface area contributed by atoms with Crippen molar-refractivity contribution in [3.63, 3.8) is 0 Å². The number of aromatic hydroxyl groups is 1. The van der Waals surface area contributed by atoms with Crippen LogP contribution in [0.4, 0.5) is 0 Å². The minimum Gasteiger partial charge on any atom is -0.493 e. The van der Waals surface area contributed by atoms with Crippen molar-refractivity contribution in [1.29, 1.82) is 0 Å². The predicted molar refractivity (Wildman–Crippen MR) is 85.3 cm³/mol. The highest BCUT2D eigenvalue weighted by Crippen LogP contribution is 2.28. The topological polar surface area (TPSA) is 76.7 Å². The molecule has 23 heavy (non-hydrogen) atoms. The lowest BCUT2D eigenvalue weighted by atomic mass is 10.0. The highest BCUT2D eigenvalue weighted by molar-refractivity contribution is 6.42. The fourth-order valence-electron chi connectivity index (χ4n) is 2.24. The Bertz CT molecular complexity index is 908. The van der Waals surface area contributed by atoms with E-state index in [4.69, 9.17) is 27.9 Å². The van der Waals surface area contributed by atoms with E-state index in [1.54, 1.807) is 24.3 Å². The second-order valence-corrected chi connectivity index (χ2v) is 5.60. The van der Waals surface area contributed by atoms with Crippen molar-refractivity contribution in [3.05, 3.63) is 57.3 Å². The Hall–Kier alpha value is -2.31. The number of methoxy groups -OCH3 is 1. The first-order chi connectivity index (χ1) is 11.0. The molecule has 0 bridgehead atoms. The molecule has 0 amide bonds. The predicted octanol–water partition coefficient (Wildman–Crippen LogP) is 3.12. The highest BCUT2D eigenvalue weighted by atomic mass is 35.5. The van der Waals surface area contributed by atoms with Gasteiger partial charge < -0.3 is 9.84 Å². The zero-order chi connectivity index (χ0) is 16.6. The van der Waals surface area contributed by atoms with E-state index in [1.165, 1.54) is 17.8 Å². The summed E-state index contributed by atoms with van der Waals surface area (Å²) in [7, 11) is 1.25. The van der Waals surface area contributed by atoms with Gasteiger partial charge in [0.15, 0.2) is 11.3 Å². The molecule has 0 saturated heterocycles. The number of hydrogen-bond acceptors (Lipinski definition) is 5. The summed E-state index contributed by atoms with van der Waals surface area (Å²) in [5.41, 5.74) is 1.43. The minimum absolute atomic E-state index is 0.0315. The summed E-state index contributed by atoms with van der Waals surface area (Å²) >= 11 is 11.9. The first kappa shape index (κ1) is 15.6. The lowest BCUT2D eigenvalue weighted by Crippen LogP contribution is -2.12. The van der Waals surface area contributed by atoms with E-state index in [2.05, 4.69) is 10.1 Å².